The average molecular weight is 347 g/mol. The first-order valence-electron chi connectivity index (χ1n) is 8.01. The van der Waals surface area contributed by atoms with E-state index in [1.807, 2.05) is 30.3 Å². The number of aliphatic hydroxyl groups excluding tert-OH is 1. The molecule has 1 saturated heterocycles. The van der Waals surface area contributed by atoms with Gasteiger partial charge in [0.2, 0.25) is 10.0 Å². The van der Waals surface area contributed by atoms with Crippen molar-refractivity contribution < 1.29 is 18.3 Å². The number of hydrogen-bond acceptors (Lipinski definition) is 4. The van der Waals surface area contributed by atoms with E-state index in [0.717, 1.165) is 5.56 Å². The van der Waals surface area contributed by atoms with E-state index < -0.39 is 16.1 Å². The highest BCUT2D eigenvalue weighted by Gasteiger charge is 2.29. The van der Waals surface area contributed by atoms with Gasteiger partial charge in [0.15, 0.2) is 0 Å². The van der Waals surface area contributed by atoms with Crippen LogP contribution in [-0.2, 0) is 16.6 Å². The molecule has 0 aliphatic carbocycles. The molecule has 2 aromatic rings. The maximum Gasteiger partial charge on any atom is 0.243 e. The third-order valence-corrected chi connectivity index (χ3v) is 5.95. The molecule has 0 saturated carbocycles. The van der Waals surface area contributed by atoms with Crippen molar-refractivity contribution in [3.63, 3.8) is 0 Å². The highest BCUT2D eigenvalue weighted by atomic mass is 32.2. The van der Waals surface area contributed by atoms with Crippen LogP contribution >= 0.6 is 0 Å². The number of hydrogen-bond donors (Lipinski definition) is 1. The van der Waals surface area contributed by atoms with E-state index in [4.69, 9.17) is 4.74 Å². The fourth-order valence-corrected chi connectivity index (χ4v) is 4.25. The van der Waals surface area contributed by atoms with E-state index in [0.29, 0.717) is 31.7 Å². The number of aliphatic hydroxyl groups is 1. The largest absolute Gasteiger partial charge is 0.489 e. The van der Waals surface area contributed by atoms with E-state index in [-0.39, 0.29) is 11.4 Å². The number of sulfonamides is 1. The number of rotatable bonds is 5. The highest BCUT2D eigenvalue weighted by Crippen LogP contribution is 2.23. The number of β-amino-alcohol motifs (C(OH)–C–C–N with tert-alkyl or cyclic N) is 1. The van der Waals surface area contributed by atoms with Crippen molar-refractivity contribution in [3.8, 4) is 5.75 Å². The predicted octanol–water partition coefficient (Wildman–Crippen LogP) is 2.41. The average Bonchev–Trinajstić information content (AvgIpc) is 2.61. The Morgan fingerprint density at radius 1 is 1.08 bits per heavy atom. The third kappa shape index (κ3) is 3.95. The molecule has 0 bridgehead atoms. The summed E-state index contributed by atoms with van der Waals surface area (Å²) in [5.74, 6) is 0.622. The quantitative estimate of drug-likeness (QED) is 0.902. The third-order valence-electron chi connectivity index (χ3n) is 4.07. The topological polar surface area (TPSA) is 66.8 Å². The first-order chi connectivity index (χ1) is 11.6. The van der Waals surface area contributed by atoms with Crippen molar-refractivity contribution in [2.45, 2.75) is 30.4 Å². The first-order valence-corrected chi connectivity index (χ1v) is 9.45. The summed E-state index contributed by atoms with van der Waals surface area (Å²) in [6.45, 7) is 1.05. The summed E-state index contributed by atoms with van der Waals surface area (Å²) in [4.78, 5) is 0.226. The second kappa shape index (κ2) is 7.34. The van der Waals surface area contributed by atoms with Crippen LogP contribution in [0.4, 0.5) is 0 Å². The minimum atomic E-state index is -3.56. The van der Waals surface area contributed by atoms with Gasteiger partial charge in [-0.3, -0.25) is 0 Å². The monoisotopic (exact) mass is 347 g/mol. The maximum absolute atomic E-state index is 12.6. The summed E-state index contributed by atoms with van der Waals surface area (Å²) >= 11 is 0. The second-order valence-electron chi connectivity index (χ2n) is 5.90. The molecule has 24 heavy (non-hydrogen) atoms. The Balaban J connectivity index is 1.67. The van der Waals surface area contributed by atoms with Crippen LogP contribution in [-0.4, -0.2) is 37.0 Å². The van der Waals surface area contributed by atoms with Crippen LogP contribution in [0.15, 0.2) is 59.5 Å². The first kappa shape index (κ1) is 17.0. The molecule has 1 N–H and O–H groups in total. The second-order valence-corrected chi connectivity index (χ2v) is 7.84. The standard InChI is InChI=1S/C18H21NO4S/c20-16-7-4-12-19(13-16)24(21,22)18-10-8-17(9-11-18)23-14-15-5-2-1-3-6-15/h1-3,5-6,8-11,16,20H,4,7,12-14H2/t16-/m0/s1. The Labute approximate surface area is 142 Å². The van der Waals surface area contributed by atoms with Crippen molar-refractivity contribution in [2.75, 3.05) is 13.1 Å². The lowest BCUT2D eigenvalue weighted by atomic mass is 10.1. The van der Waals surface area contributed by atoms with Gasteiger partial charge in [-0.15, -0.1) is 0 Å². The Bertz CT molecular complexity index is 759. The van der Waals surface area contributed by atoms with Crippen molar-refractivity contribution in [3.05, 3.63) is 60.2 Å². The van der Waals surface area contributed by atoms with Gasteiger partial charge in [0, 0.05) is 13.1 Å². The summed E-state index contributed by atoms with van der Waals surface area (Å²) in [5.41, 5.74) is 1.05. The summed E-state index contributed by atoms with van der Waals surface area (Å²) in [5, 5.41) is 9.69. The molecule has 0 unspecified atom stereocenters. The predicted molar refractivity (Wildman–Crippen MR) is 91.2 cm³/mol. The van der Waals surface area contributed by atoms with Crippen molar-refractivity contribution in [1.29, 1.82) is 0 Å². The van der Waals surface area contributed by atoms with Gasteiger partial charge in [0.05, 0.1) is 11.0 Å². The molecule has 3 rings (SSSR count). The van der Waals surface area contributed by atoms with Crippen molar-refractivity contribution in [1.82, 2.24) is 4.31 Å². The van der Waals surface area contributed by atoms with Gasteiger partial charge in [-0.1, -0.05) is 30.3 Å². The summed E-state index contributed by atoms with van der Waals surface area (Å²) < 4.78 is 32.2. The molecule has 1 atom stereocenters. The normalized spacial score (nSPS) is 19.1. The Morgan fingerprint density at radius 2 is 1.79 bits per heavy atom. The molecule has 0 amide bonds. The minimum absolute atomic E-state index is 0.161. The van der Waals surface area contributed by atoms with Crippen LogP contribution in [0.3, 0.4) is 0 Å². The van der Waals surface area contributed by atoms with Gasteiger partial charge in [0.25, 0.3) is 0 Å². The number of ether oxygens (including phenoxy) is 1. The molecule has 1 aliphatic rings. The van der Waals surface area contributed by atoms with E-state index in [2.05, 4.69) is 0 Å². The fourth-order valence-electron chi connectivity index (χ4n) is 2.74. The molecule has 2 aromatic carbocycles. The lowest BCUT2D eigenvalue weighted by Crippen LogP contribution is -2.42. The summed E-state index contributed by atoms with van der Waals surface area (Å²) in [7, 11) is -3.56. The molecule has 6 heteroatoms. The van der Waals surface area contributed by atoms with Gasteiger partial charge in [-0.05, 0) is 42.7 Å². The van der Waals surface area contributed by atoms with Crippen LogP contribution in [0.5, 0.6) is 5.75 Å². The molecule has 5 nitrogen and oxygen atoms in total. The highest BCUT2D eigenvalue weighted by molar-refractivity contribution is 7.89. The Hall–Kier alpha value is -1.89. The fraction of sp³-hybridized carbons (Fsp3) is 0.333. The van der Waals surface area contributed by atoms with Gasteiger partial charge < -0.3 is 9.84 Å². The molecule has 128 valence electrons. The van der Waals surface area contributed by atoms with Gasteiger partial charge in [-0.25, -0.2) is 8.42 Å². The Kier molecular flexibility index (Phi) is 5.18. The zero-order chi connectivity index (χ0) is 17.0. The molecular formula is C18H21NO4S. The summed E-state index contributed by atoms with van der Waals surface area (Å²) in [6.07, 6.45) is 0.749. The van der Waals surface area contributed by atoms with Crippen LogP contribution in [0, 0.1) is 0 Å². The zero-order valence-electron chi connectivity index (χ0n) is 13.3. The van der Waals surface area contributed by atoms with Crippen LogP contribution < -0.4 is 4.74 Å². The van der Waals surface area contributed by atoms with Gasteiger partial charge in [0.1, 0.15) is 12.4 Å². The van der Waals surface area contributed by atoms with Crippen LogP contribution in [0.2, 0.25) is 0 Å². The lowest BCUT2D eigenvalue weighted by molar-refractivity contribution is 0.108. The molecule has 1 heterocycles. The number of benzene rings is 2. The molecule has 0 aromatic heterocycles. The van der Waals surface area contributed by atoms with Crippen molar-refractivity contribution >= 4 is 10.0 Å². The van der Waals surface area contributed by atoms with Gasteiger partial charge in [-0.2, -0.15) is 4.31 Å². The van der Waals surface area contributed by atoms with Crippen molar-refractivity contribution in [2.24, 2.45) is 0 Å². The molecule has 1 fully saturated rings. The lowest BCUT2D eigenvalue weighted by Gasteiger charge is -2.29. The van der Waals surface area contributed by atoms with E-state index in [9.17, 15) is 13.5 Å². The smallest absolute Gasteiger partial charge is 0.243 e. The Morgan fingerprint density at radius 3 is 2.46 bits per heavy atom. The minimum Gasteiger partial charge on any atom is -0.489 e. The van der Waals surface area contributed by atoms with E-state index in [1.54, 1.807) is 24.3 Å². The molecule has 0 spiro atoms. The van der Waals surface area contributed by atoms with Crippen LogP contribution in [0.25, 0.3) is 0 Å². The maximum atomic E-state index is 12.6. The molecule has 1 aliphatic heterocycles. The van der Waals surface area contributed by atoms with E-state index in [1.165, 1.54) is 4.31 Å². The van der Waals surface area contributed by atoms with Gasteiger partial charge >= 0.3 is 0 Å². The molecule has 0 radical (unpaired) electrons. The van der Waals surface area contributed by atoms with Crippen LogP contribution in [0.1, 0.15) is 18.4 Å². The van der Waals surface area contributed by atoms with E-state index >= 15 is 0 Å². The summed E-state index contributed by atoms with van der Waals surface area (Å²) in [6, 6.07) is 16.2. The number of piperidine rings is 1. The number of nitrogens with zero attached hydrogens (tertiary/aromatic N) is 1. The SMILES string of the molecule is O=S(=O)(c1ccc(OCc2ccccc2)cc1)N1CCC[C@H](O)C1. The zero-order valence-corrected chi connectivity index (χ0v) is 14.2. The molecular weight excluding hydrogens is 326 g/mol.